The van der Waals surface area contributed by atoms with Gasteiger partial charge in [0.15, 0.2) is 5.22 Å². The maximum Gasteiger partial charge on any atom is 0.193 e. The molecular formula is C10H9ClN2O. The predicted molar refractivity (Wildman–Crippen MR) is 58.0 cm³/mol. The molecule has 2 rings (SSSR count). The molecule has 0 saturated heterocycles. The summed E-state index contributed by atoms with van der Waals surface area (Å²) < 4.78 is 4.98. The van der Waals surface area contributed by atoms with Crippen LogP contribution < -0.4 is 11.5 Å². The van der Waals surface area contributed by atoms with Crippen molar-refractivity contribution in [2.75, 3.05) is 11.5 Å². The minimum absolute atomic E-state index is 0.357. The van der Waals surface area contributed by atoms with E-state index in [0.717, 1.165) is 11.1 Å². The first-order valence-corrected chi connectivity index (χ1v) is 4.44. The first kappa shape index (κ1) is 8.97. The fraction of sp³-hybridized carbons (Fsp3) is 0. The van der Waals surface area contributed by atoms with E-state index in [9.17, 15) is 0 Å². The Morgan fingerprint density at radius 3 is 2.36 bits per heavy atom. The summed E-state index contributed by atoms with van der Waals surface area (Å²) in [6, 6.07) is 7.14. The number of hydrogen-bond donors (Lipinski definition) is 2. The first-order chi connectivity index (χ1) is 6.66. The first-order valence-electron chi connectivity index (χ1n) is 4.06. The predicted octanol–water partition coefficient (Wildman–Crippen LogP) is 2.76. The van der Waals surface area contributed by atoms with Crippen LogP contribution in [0.15, 0.2) is 34.9 Å². The van der Waals surface area contributed by atoms with Crippen LogP contribution >= 0.6 is 11.6 Å². The van der Waals surface area contributed by atoms with Gasteiger partial charge < -0.3 is 15.9 Å². The maximum atomic E-state index is 5.68. The van der Waals surface area contributed by atoms with Crippen molar-refractivity contribution >= 4 is 23.0 Å². The molecule has 72 valence electrons. The second-order valence-electron chi connectivity index (χ2n) is 2.98. The zero-order valence-corrected chi connectivity index (χ0v) is 8.08. The minimum Gasteiger partial charge on any atom is -0.452 e. The van der Waals surface area contributed by atoms with Crippen molar-refractivity contribution in [3.63, 3.8) is 0 Å². The molecule has 0 aliphatic heterocycles. The standard InChI is InChI=1S/C10H9ClN2O/c11-10-4-7(5-14-10)6-1-2-8(12)9(13)3-6/h1-5H,12-13H2. The van der Waals surface area contributed by atoms with Gasteiger partial charge in [0.25, 0.3) is 0 Å². The van der Waals surface area contributed by atoms with Gasteiger partial charge in [0.1, 0.15) is 6.26 Å². The fourth-order valence-corrected chi connectivity index (χ4v) is 1.38. The van der Waals surface area contributed by atoms with E-state index < -0.39 is 0 Å². The van der Waals surface area contributed by atoms with Crippen LogP contribution in [-0.4, -0.2) is 0 Å². The number of benzene rings is 1. The van der Waals surface area contributed by atoms with Gasteiger partial charge in [0.2, 0.25) is 0 Å². The minimum atomic E-state index is 0.357. The number of halogens is 1. The Hall–Kier alpha value is -1.61. The van der Waals surface area contributed by atoms with Crippen LogP contribution in [-0.2, 0) is 0 Å². The third-order valence-corrected chi connectivity index (χ3v) is 2.19. The summed E-state index contributed by atoms with van der Waals surface area (Å²) in [7, 11) is 0. The van der Waals surface area contributed by atoms with Gasteiger partial charge in [-0.25, -0.2) is 0 Å². The molecule has 1 heterocycles. The highest BCUT2D eigenvalue weighted by atomic mass is 35.5. The highest BCUT2D eigenvalue weighted by molar-refractivity contribution is 6.29. The molecule has 4 N–H and O–H groups in total. The molecule has 0 spiro atoms. The summed E-state index contributed by atoms with van der Waals surface area (Å²) in [5.74, 6) is 0. The Morgan fingerprint density at radius 1 is 1.00 bits per heavy atom. The highest BCUT2D eigenvalue weighted by Crippen LogP contribution is 2.28. The normalized spacial score (nSPS) is 10.4. The smallest absolute Gasteiger partial charge is 0.193 e. The molecule has 2 aromatic rings. The number of anilines is 2. The molecule has 0 bridgehead atoms. The Kier molecular flexibility index (Phi) is 2.09. The average molecular weight is 209 g/mol. The monoisotopic (exact) mass is 208 g/mol. The van der Waals surface area contributed by atoms with Crippen LogP contribution in [0.4, 0.5) is 11.4 Å². The molecule has 0 radical (unpaired) electrons. The van der Waals surface area contributed by atoms with Gasteiger partial charge in [0, 0.05) is 11.6 Å². The van der Waals surface area contributed by atoms with Gasteiger partial charge in [-0.2, -0.15) is 0 Å². The summed E-state index contributed by atoms with van der Waals surface area (Å²) in [6.07, 6.45) is 1.58. The maximum absolute atomic E-state index is 5.68. The van der Waals surface area contributed by atoms with Gasteiger partial charge >= 0.3 is 0 Å². The lowest BCUT2D eigenvalue weighted by atomic mass is 10.1. The van der Waals surface area contributed by atoms with Gasteiger partial charge in [0.05, 0.1) is 11.4 Å². The Labute approximate surface area is 86.3 Å². The third-order valence-electron chi connectivity index (χ3n) is 1.99. The van der Waals surface area contributed by atoms with E-state index in [0.29, 0.717) is 16.6 Å². The lowest BCUT2D eigenvalue weighted by Gasteiger charge is -2.01. The lowest BCUT2D eigenvalue weighted by molar-refractivity contribution is 0.570. The molecule has 0 aliphatic rings. The molecular weight excluding hydrogens is 200 g/mol. The Balaban J connectivity index is 2.47. The summed E-state index contributed by atoms with van der Waals surface area (Å²) in [5.41, 5.74) is 14.2. The van der Waals surface area contributed by atoms with E-state index in [1.165, 1.54) is 0 Å². The third kappa shape index (κ3) is 1.54. The van der Waals surface area contributed by atoms with Crippen molar-refractivity contribution < 1.29 is 4.42 Å². The van der Waals surface area contributed by atoms with Crippen LogP contribution in [0.25, 0.3) is 11.1 Å². The second kappa shape index (κ2) is 3.27. The molecule has 0 fully saturated rings. The van der Waals surface area contributed by atoms with Crippen molar-refractivity contribution in [2.45, 2.75) is 0 Å². The van der Waals surface area contributed by atoms with Crippen molar-refractivity contribution in [2.24, 2.45) is 0 Å². The summed E-state index contributed by atoms with van der Waals surface area (Å²) in [5, 5.41) is 0.357. The molecule has 1 aromatic carbocycles. The highest BCUT2D eigenvalue weighted by Gasteiger charge is 2.03. The molecule has 0 unspecified atom stereocenters. The van der Waals surface area contributed by atoms with E-state index in [-0.39, 0.29) is 0 Å². The van der Waals surface area contributed by atoms with Crippen LogP contribution in [0, 0.1) is 0 Å². The number of nitrogens with two attached hydrogens (primary N) is 2. The molecule has 3 nitrogen and oxygen atoms in total. The van der Waals surface area contributed by atoms with E-state index >= 15 is 0 Å². The zero-order chi connectivity index (χ0) is 10.1. The number of nitrogen functional groups attached to an aromatic ring is 2. The van der Waals surface area contributed by atoms with Gasteiger partial charge in [-0.1, -0.05) is 6.07 Å². The van der Waals surface area contributed by atoms with Gasteiger partial charge in [-0.15, -0.1) is 0 Å². The molecule has 14 heavy (non-hydrogen) atoms. The SMILES string of the molecule is Nc1ccc(-c2coc(Cl)c2)cc1N. The molecule has 0 amide bonds. The average Bonchev–Trinajstić information content (AvgIpc) is 2.57. The van der Waals surface area contributed by atoms with Gasteiger partial charge in [-0.3, -0.25) is 0 Å². The van der Waals surface area contributed by atoms with Crippen LogP contribution in [0.5, 0.6) is 0 Å². The molecule has 1 aromatic heterocycles. The van der Waals surface area contributed by atoms with Gasteiger partial charge in [-0.05, 0) is 29.3 Å². The van der Waals surface area contributed by atoms with E-state index in [1.807, 2.05) is 6.07 Å². The van der Waals surface area contributed by atoms with Crippen LogP contribution in [0.3, 0.4) is 0 Å². The van der Waals surface area contributed by atoms with Crippen molar-refractivity contribution in [3.8, 4) is 11.1 Å². The lowest BCUT2D eigenvalue weighted by Crippen LogP contribution is -1.93. The second-order valence-corrected chi connectivity index (χ2v) is 3.36. The number of hydrogen-bond acceptors (Lipinski definition) is 3. The summed E-state index contributed by atoms with van der Waals surface area (Å²) in [6.45, 7) is 0. The molecule has 0 atom stereocenters. The summed E-state index contributed by atoms with van der Waals surface area (Å²) in [4.78, 5) is 0. The number of furan rings is 1. The molecule has 0 saturated carbocycles. The fourth-order valence-electron chi connectivity index (χ4n) is 1.22. The topological polar surface area (TPSA) is 65.2 Å². The van der Waals surface area contributed by atoms with Crippen molar-refractivity contribution in [1.29, 1.82) is 0 Å². The van der Waals surface area contributed by atoms with Crippen molar-refractivity contribution in [1.82, 2.24) is 0 Å². The Morgan fingerprint density at radius 2 is 1.79 bits per heavy atom. The molecule has 0 aliphatic carbocycles. The largest absolute Gasteiger partial charge is 0.452 e. The van der Waals surface area contributed by atoms with E-state index in [2.05, 4.69) is 0 Å². The number of rotatable bonds is 1. The van der Waals surface area contributed by atoms with E-state index in [4.69, 9.17) is 27.5 Å². The zero-order valence-electron chi connectivity index (χ0n) is 7.33. The van der Waals surface area contributed by atoms with Crippen molar-refractivity contribution in [3.05, 3.63) is 35.7 Å². The quantitative estimate of drug-likeness (QED) is 0.709. The van der Waals surface area contributed by atoms with Crippen LogP contribution in [0.2, 0.25) is 5.22 Å². The molecule has 4 heteroatoms. The summed E-state index contributed by atoms with van der Waals surface area (Å²) >= 11 is 5.66. The Bertz CT molecular complexity index is 465. The van der Waals surface area contributed by atoms with E-state index in [1.54, 1.807) is 24.5 Å². The van der Waals surface area contributed by atoms with Crippen LogP contribution in [0.1, 0.15) is 0 Å².